The molecule has 2 aromatic rings. The Labute approximate surface area is 202 Å². The van der Waals surface area contributed by atoms with Crippen LogP contribution in [0.2, 0.25) is 0 Å². The first-order valence-electron chi connectivity index (χ1n) is 10.6. The summed E-state index contributed by atoms with van der Waals surface area (Å²) in [4.78, 5) is 50.8. The quantitative estimate of drug-likeness (QED) is 0.203. The molecule has 0 unspecified atom stereocenters. The van der Waals surface area contributed by atoms with Crippen LogP contribution in [0.5, 0.6) is 0 Å². The van der Waals surface area contributed by atoms with Crippen LogP contribution in [0.1, 0.15) is 12.5 Å². The lowest BCUT2D eigenvalue weighted by atomic mass is 10.1. The Hall–Kier alpha value is -3.10. The Morgan fingerprint density at radius 2 is 1.08 bits per heavy atom. The van der Waals surface area contributed by atoms with Gasteiger partial charge in [-0.05, 0) is 0 Å². The maximum atomic E-state index is 14.5. The van der Waals surface area contributed by atoms with Crippen molar-refractivity contribution in [1.82, 2.24) is 18.3 Å². The summed E-state index contributed by atoms with van der Waals surface area (Å²) >= 11 is 0. The first kappa shape index (κ1) is 26.9. The Bertz CT molecular complexity index is 1320. The molecule has 2 aliphatic heterocycles. The molecule has 0 amide bonds. The van der Waals surface area contributed by atoms with Crippen molar-refractivity contribution in [2.75, 3.05) is 13.2 Å². The fraction of sp³-hybridized carbons (Fsp3) is 0.579. The third-order valence-corrected chi connectivity index (χ3v) is 6.20. The Kier molecular flexibility index (Phi) is 6.80. The molecule has 2 saturated heterocycles. The van der Waals surface area contributed by atoms with Gasteiger partial charge in [0, 0.05) is 24.5 Å². The van der Waals surface area contributed by atoms with Crippen molar-refractivity contribution in [1.29, 1.82) is 0 Å². The van der Waals surface area contributed by atoms with E-state index in [0.717, 1.165) is 24.5 Å². The van der Waals surface area contributed by atoms with E-state index in [4.69, 9.17) is 19.7 Å². The molecule has 6 N–H and O–H groups in total. The summed E-state index contributed by atoms with van der Waals surface area (Å²) in [6.07, 6.45) is -10.9. The van der Waals surface area contributed by atoms with Crippen LogP contribution in [-0.2, 0) is 16.1 Å². The number of rotatable bonds is 6. The van der Waals surface area contributed by atoms with Crippen LogP contribution in [0.25, 0.3) is 0 Å². The molecule has 0 spiro atoms. The minimum Gasteiger partial charge on any atom is -0.390 e. The van der Waals surface area contributed by atoms with Gasteiger partial charge < -0.3 is 40.1 Å². The van der Waals surface area contributed by atoms with E-state index in [-0.39, 0.29) is 0 Å². The SMILES string of the molecule is O=c1ccn([C@@H]2O[C@](F)(CO)[C@@H](O)[C@H]2O)c(=O)n1Cn1c(=O)ccn([C@@H]2O[C@](F)(CO)[C@@H](O)[C@H]2O)c1=O. The number of aromatic nitrogens is 4. The average Bonchev–Trinajstić information content (AvgIpc) is 3.24. The second kappa shape index (κ2) is 9.33. The third-order valence-electron chi connectivity index (χ3n) is 6.20. The van der Waals surface area contributed by atoms with Gasteiger partial charge in [0.15, 0.2) is 12.5 Å². The number of alkyl halides is 2. The molecule has 4 rings (SSSR count). The van der Waals surface area contributed by atoms with Crippen LogP contribution in [0.4, 0.5) is 8.78 Å². The molecule has 18 heteroatoms. The summed E-state index contributed by atoms with van der Waals surface area (Å²) in [5, 5.41) is 58.1. The summed E-state index contributed by atoms with van der Waals surface area (Å²) in [5.74, 6) is -6.27. The van der Waals surface area contributed by atoms with Gasteiger partial charge in [0.1, 0.15) is 44.3 Å². The lowest BCUT2D eigenvalue weighted by molar-refractivity contribution is -0.207. The molecule has 2 aromatic heterocycles. The molecule has 37 heavy (non-hydrogen) atoms. The predicted molar refractivity (Wildman–Crippen MR) is 111 cm³/mol. The lowest BCUT2D eigenvalue weighted by Gasteiger charge is -2.21. The standard InChI is InChI=1S/C19H22F2N4O12/c20-18(5-26)12(32)10(30)14(36-18)22-3-1-8(28)24(16(22)34)7-25-9(29)2-4-23(17(25)35)15-11(31)13(33)19(21,6-27)37-15/h1-4,10-15,26-27,30-33H,5-7H2/t10-,11-,12+,13+,14-,15-,18-,19-/m1/s1. The minimum absolute atomic E-state index is 0.306. The van der Waals surface area contributed by atoms with Crippen molar-refractivity contribution in [3.63, 3.8) is 0 Å². The van der Waals surface area contributed by atoms with Gasteiger partial charge in [-0.1, -0.05) is 0 Å². The van der Waals surface area contributed by atoms with Gasteiger partial charge in [-0.2, -0.15) is 0 Å². The van der Waals surface area contributed by atoms with Crippen LogP contribution in [0, 0.1) is 0 Å². The van der Waals surface area contributed by atoms with Crippen molar-refractivity contribution >= 4 is 0 Å². The van der Waals surface area contributed by atoms with Crippen LogP contribution in [0.3, 0.4) is 0 Å². The van der Waals surface area contributed by atoms with Crippen LogP contribution >= 0.6 is 0 Å². The molecule has 0 aromatic carbocycles. The predicted octanol–water partition coefficient (Wildman–Crippen LogP) is -5.34. The van der Waals surface area contributed by atoms with E-state index in [1.807, 2.05) is 0 Å². The molecule has 8 atom stereocenters. The molecule has 0 bridgehead atoms. The largest absolute Gasteiger partial charge is 0.390 e. The molecular weight excluding hydrogens is 514 g/mol. The monoisotopic (exact) mass is 536 g/mol. The van der Waals surface area contributed by atoms with Crippen molar-refractivity contribution in [3.05, 3.63) is 66.2 Å². The fourth-order valence-electron chi connectivity index (χ4n) is 4.06. The van der Waals surface area contributed by atoms with Crippen molar-refractivity contribution in [2.45, 2.75) is 55.2 Å². The van der Waals surface area contributed by atoms with Gasteiger partial charge >= 0.3 is 11.4 Å². The van der Waals surface area contributed by atoms with Crippen molar-refractivity contribution in [3.8, 4) is 0 Å². The summed E-state index contributed by atoms with van der Waals surface area (Å²) in [7, 11) is 0. The fourth-order valence-corrected chi connectivity index (χ4v) is 4.06. The topological polar surface area (TPSA) is 228 Å². The Balaban J connectivity index is 1.75. The molecule has 16 nitrogen and oxygen atoms in total. The van der Waals surface area contributed by atoms with Gasteiger partial charge in [0.25, 0.3) is 22.8 Å². The zero-order chi connectivity index (χ0) is 27.4. The first-order chi connectivity index (χ1) is 17.3. The van der Waals surface area contributed by atoms with Crippen LogP contribution in [-0.4, -0.2) is 98.2 Å². The van der Waals surface area contributed by atoms with Crippen molar-refractivity contribution < 1.29 is 48.9 Å². The molecule has 2 fully saturated rings. The van der Waals surface area contributed by atoms with E-state index >= 15 is 0 Å². The summed E-state index contributed by atoms with van der Waals surface area (Å²) in [6, 6.07) is 1.48. The van der Waals surface area contributed by atoms with Gasteiger partial charge in [0.05, 0.1) is 0 Å². The number of halogens is 2. The van der Waals surface area contributed by atoms with Crippen LogP contribution in [0.15, 0.2) is 43.7 Å². The van der Waals surface area contributed by atoms with Gasteiger partial charge in [0.2, 0.25) is 0 Å². The normalized spacial score (nSPS) is 35.8. The highest BCUT2D eigenvalue weighted by atomic mass is 19.2. The minimum atomic E-state index is -3.14. The molecular formula is C19H22F2N4O12. The molecule has 4 heterocycles. The summed E-state index contributed by atoms with van der Waals surface area (Å²) in [5.41, 5.74) is -4.80. The third kappa shape index (κ3) is 4.16. The number of ether oxygens (including phenoxy) is 2. The van der Waals surface area contributed by atoms with Gasteiger partial charge in [-0.3, -0.25) is 18.7 Å². The first-order valence-corrected chi connectivity index (χ1v) is 10.6. The molecule has 0 aliphatic carbocycles. The highest BCUT2D eigenvalue weighted by Crippen LogP contribution is 2.38. The Morgan fingerprint density at radius 1 is 0.730 bits per heavy atom. The number of nitrogens with zero attached hydrogens (tertiary/aromatic N) is 4. The second-order valence-corrected chi connectivity index (χ2v) is 8.46. The highest BCUT2D eigenvalue weighted by molar-refractivity contribution is 5.00. The van der Waals surface area contributed by atoms with E-state index in [0.29, 0.717) is 18.3 Å². The summed E-state index contributed by atoms with van der Waals surface area (Å²) < 4.78 is 40.1. The zero-order valence-electron chi connectivity index (χ0n) is 18.6. The van der Waals surface area contributed by atoms with Crippen LogP contribution < -0.4 is 22.5 Å². The molecule has 204 valence electrons. The van der Waals surface area contributed by atoms with E-state index in [1.165, 1.54) is 0 Å². The molecule has 2 aliphatic rings. The van der Waals surface area contributed by atoms with E-state index < -0.39 is 91.0 Å². The number of hydrogen-bond acceptors (Lipinski definition) is 12. The number of hydrogen-bond donors (Lipinski definition) is 6. The maximum Gasteiger partial charge on any atom is 0.334 e. The number of aliphatic hydroxyl groups is 6. The van der Waals surface area contributed by atoms with Gasteiger partial charge in [-0.25, -0.2) is 27.5 Å². The smallest absolute Gasteiger partial charge is 0.334 e. The highest BCUT2D eigenvalue weighted by Gasteiger charge is 2.57. The zero-order valence-corrected chi connectivity index (χ0v) is 18.6. The molecule has 0 saturated carbocycles. The van der Waals surface area contributed by atoms with E-state index in [1.54, 1.807) is 0 Å². The molecule has 0 radical (unpaired) electrons. The number of aliphatic hydroxyl groups excluding tert-OH is 6. The van der Waals surface area contributed by atoms with E-state index in [9.17, 15) is 48.4 Å². The van der Waals surface area contributed by atoms with Gasteiger partial charge in [-0.15, -0.1) is 0 Å². The summed E-state index contributed by atoms with van der Waals surface area (Å²) in [6.45, 7) is -3.83. The Morgan fingerprint density at radius 3 is 1.38 bits per heavy atom. The maximum absolute atomic E-state index is 14.5. The average molecular weight is 536 g/mol. The lowest BCUT2D eigenvalue weighted by Crippen LogP contribution is -2.49. The second-order valence-electron chi connectivity index (χ2n) is 8.46. The van der Waals surface area contributed by atoms with Crippen molar-refractivity contribution in [2.24, 2.45) is 0 Å². The van der Waals surface area contributed by atoms with E-state index in [2.05, 4.69) is 0 Å².